The van der Waals surface area contributed by atoms with E-state index in [0.717, 1.165) is 12.1 Å². The Kier molecular flexibility index (Phi) is 3.80. The second kappa shape index (κ2) is 5.24. The van der Waals surface area contributed by atoms with E-state index in [1.54, 1.807) is 17.8 Å². The molecule has 0 aliphatic heterocycles. The maximum absolute atomic E-state index is 13.8. The van der Waals surface area contributed by atoms with Crippen LogP contribution in [0.1, 0.15) is 23.1 Å². The summed E-state index contributed by atoms with van der Waals surface area (Å²) in [5.74, 6) is -0.990. The van der Waals surface area contributed by atoms with E-state index in [9.17, 15) is 22.7 Å². The largest absolute Gasteiger partial charge is 0.419 e. The zero-order chi connectivity index (χ0) is 14.9. The van der Waals surface area contributed by atoms with Crippen molar-refractivity contribution < 1.29 is 22.7 Å². The van der Waals surface area contributed by atoms with Gasteiger partial charge < -0.3 is 9.67 Å². The van der Waals surface area contributed by atoms with Crippen LogP contribution in [0.15, 0.2) is 30.6 Å². The number of aliphatic hydroxyl groups is 1. The molecule has 7 heteroatoms. The lowest BCUT2D eigenvalue weighted by molar-refractivity contribution is -0.140. The highest BCUT2D eigenvalue weighted by molar-refractivity contribution is 5.30. The van der Waals surface area contributed by atoms with Crippen molar-refractivity contribution in [2.45, 2.75) is 18.7 Å². The molecule has 1 N–H and O–H groups in total. The molecule has 0 aliphatic rings. The molecule has 3 nitrogen and oxygen atoms in total. The molecule has 2 rings (SSSR count). The molecular formula is C13H12F4N2O. The number of aliphatic hydroxyl groups excluding tert-OH is 1. The average Bonchev–Trinajstić information content (AvgIpc) is 2.73. The van der Waals surface area contributed by atoms with Gasteiger partial charge >= 0.3 is 6.18 Å². The van der Waals surface area contributed by atoms with Crippen molar-refractivity contribution >= 4 is 0 Å². The molecule has 0 spiro atoms. The molecule has 0 amide bonds. The number of benzene rings is 1. The zero-order valence-electron chi connectivity index (χ0n) is 10.5. The molecule has 1 unspecified atom stereocenters. The van der Waals surface area contributed by atoms with Crippen molar-refractivity contribution in [1.82, 2.24) is 9.55 Å². The number of aryl methyl sites for hydroxylation is 1. The van der Waals surface area contributed by atoms with Crippen LogP contribution >= 0.6 is 0 Å². The highest BCUT2D eigenvalue weighted by Crippen LogP contribution is 2.34. The molecule has 1 aromatic heterocycles. The maximum atomic E-state index is 13.8. The number of rotatable bonds is 3. The van der Waals surface area contributed by atoms with E-state index < -0.39 is 23.7 Å². The van der Waals surface area contributed by atoms with E-state index in [4.69, 9.17) is 0 Å². The minimum Gasteiger partial charge on any atom is -0.388 e. The SMILES string of the molecule is Cn1ccnc1CC(O)c1cccc(C(F)(F)F)c1F. The van der Waals surface area contributed by atoms with Gasteiger partial charge in [0.25, 0.3) is 0 Å². The fourth-order valence-corrected chi connectivity index (χ4v) is 1.90. The molecule has 0 bridgehead atoms. The average molecular weight is 288 g/mol. The van der Waals surface area contributed by atoms with Gasteiger partial charge in [-0.3, -0.25) is 0 Å². The first-order valence-corrected chi connectivity index (χ1v) is 5.80. The molecule has 20 heavy (non-hydrogen) atoms. The van der Waals surface area contributed by atoms with Gasteiger partial charge in [-0.05, 0) is 6.07 Å². The normalized spacial score (nSPS) is 13.5. The number of imidazole rings is 1. The standard InChI is InChI=1S/C13H12F4N2O/c1-19-6-5-18-11(19)7-10(20)8-3-2-4-9(12(8)14)13(15,16)17/h2-6,10,20H,7H2,1H3. The van der Waals surface area contributed by atoms with Gasteiger partial charge in [0.1, 0.15) is 11.6 Å². The van der Waals surface area contributed by atoms with Crippen molar-refractivity contribution in [1.29, 1.82) is 0 Å². The van der Waals surface area contributed by atoms with E-state index in [1.807, 2.05) is 0 Å². The maximum Gasteiger partial charge on any atom is 0.419 e. The predicted molar refractivity (Wildman–Crippen MR) is 63.3 cm³/mol. The van der Waals surface area contributed by atoms with Gasteiger partial charge in [-0.15, -0.1) is 0 Å². The van der Waals surface area contributed by atoms with Crippen molar-refractivity contribution in [3.63, 3.8) is 0 Å². The van der Waals surface area contributed by atoms with E-state index in [1.165, 1.54) is 6.20 Å². The number of nitrogens with zero attached hydrogens (tertiary/aromatic N) is 2. The summed E-state index contributed by atoms with van der Waals surface area (Å²) in [6, 6.07) is 2.85. The van der Waals surface area contributed by atoms with Crippen LogP contribution in [0, 0.1) is 5.82 Å². The van der Waals surface area contributed by atoms with Gasteiger partial charge in [-0.1, -0.05) is 12.1 Å². The molecular weight excluding hydrogens is 276 g/mol. The third kappa shape index (κ3) is 2.82. The summed E-state index contributed by atoms with van der Waals surface area (Å²) in [6.45, 7) is 0. The van der Waals surface area contributed by atoms with Crippen LogP contribution in [0.25, 0.3) is 0 Å². The second-order valence-electron chi connectivity index (χ2n) is 4.38. The number of aromatic nitrogens is 2. The Morgan fingerprint density at radius 2 is 2.05 bits per heavy atom. The second-order valence-corrected chi connectivity index (χ2v) is 4.38. The van der Waals surface area contributed by atoms with Crippen LogP contribution in [0.5, 0.6) is 0 Å². The first kappa shape index (κ1) is 14.5. The van der Waals surface area contributed by atoms with Crippen molar-refractivity contribution in [3.05, 3.63) is 53.4 Å². The topological polar surface area (TPSA) is 38.0 Å². The van der Waals surface area contributed by atoms with E-state index in [0.29, 0.717) is 11.9 Å². The van der Waals surface area contributed by atoms with Crippen LogP contribution < -0.4 is 0 Å². The number of hydrogen-bond donors (Lipinski definition) is 1. The molecule has 1 aromatic carbocycles. The summed E-state index contributed by atoms with van der Waals surface area (Å²) in [5.41, 5.74) is -1.77. The van der Waals surface area contributed by atoms with Gasteiger partial charge in [0, 0.05) is 31.4 Å². The Bertz CT molecular complexity index is 607. The minimum absolute atomic E-state index is 0.0677. The van der Waals surface area contributed by atoms with E-state index in [2.05, 4.69) is 4.98 Å². The number of alkyl halides is 3. The van der Waals surface area contributed by atoms with Gasteiger partial charge in [0.2, 0.25) is 0 Å². The summed E-state index contributed by atoms with van der Waals surface area (Å²) in [5, 5.41) is 9.93. The molecule has 0 aliphatic carbocycles. The summed E-state index contributed by atoms with van der Waals surface area (Å²) in [4.78, 5) is 3.94. The van der Waals surface area contributed by atoms with E-state index >= 15 is 0 Å². The highest BCUT2D eigenvalue weighted by atomic mass is 19.4. The molecule has 0 fully saturated rings. The summed E-state index contributed by atoms with van der Waals surface area (Å²) < 4.78 is 53.2. The number of halogens is 4. The van der Waals surface area contributed by atoms with E-state index in [-0.39, 0.29) is 12.0 Å². The fourth-order valence-electron chi connectivity index (χ4n) is 1.90. The molecule has 2 aromatic rings. The van der Waals surface area contributed by atoms with Crippen molar-refractivity contribution in [3.8, 4) is 0 Å². The first-order valence-electron chi connectivity index (χ1n) is 5.80. The minimum atomic E-state index is -4.79. The van der Waals surface area contributed by atoms with Gasteiger partial charge in [0.15, 0.2) is 0 Å². The Morgan fingerprint density at radius 1 is 1.35 bits per heavy atom. The van der Waals surface area contributed by atoms with Crippen molar-refractivity contribution in [2.24, 2.45) is 7.05 Å². The van der Waals surface area contributed by atoms with Crippen molar-refractivity contribution in [2.75, 3.05) is 0 Å². The molecule has 0 saturated carbocycles. The molecule has 1 atom stereocenters. The van der Waals surface area contributed by atoms with Crippen LogP contribution in [-0.4, -0.2) is 14.7 Å². The third-order valence-electron chi connectivity index (χ3n) is 2.99. The lowest BCUT2D eigenvalue weighted by atomic mass is 10.0. The molecule has 0 radical (unpaired) electrons. The van der Waals surface area contributed by atoms with Crippen LogP contribution in [0.4, 0.5) is 17.6 Å². The van der Waals surface area contributed by atoms with Gasteiger partial charge in [-0.25, -0.2) is 9.37 Å². The van der Waals surface area contributed by atoms with Gasteiger partial charge in [0.05, 0.1) is 11.7 Å². The van der Waals surface area contributed by atoms with Crippen LogP contribution in [0.3, 0.4) is 0 Å². The number of hydrogen-bond acceptors (Lipinski definition) is 2. The fraction of sp³-hybridized carbons (Fsp3) is 0.308. The monoisotopic (exact) mass is 288 g/mol. The lowest BCUT2D eigenvalue weighted by Crippen LogP contribution is -2.13. The summed E-state index contributed by atoms with van der Waals surface area (Å²) >= 11 is 0. The molecule has 108 valence electrons. The van der Waals surface area contributed by atoms with Crippen LogP contribution in [0.2, 0.25) is 0 Å². The molecule has 0 saturated heterocycles. The van der Waals surface area contributed by atoms with Gasteiger partial charge in [-0.2, -0.15) is 13.2 Å². The third-order valence-corrected chi connectivity index (χ3v) is 2.99. The zero-order valence-corrected chi connectivity index (χ0v) is 10.5. The molecule has 1 heterocycles. The Hall–Kier alpha value is -1.89. The Balaban J connectivity index is 2.31. The van der Waals surface area contributed by atoms with Crippen LogP contribution in [-0.2, 0) is 19.6 Å². The summed E-state index contributed by atoms with van der Waals surface area (Å²) in [6.07, 6.45) is -3.13. The smallest absolute Gasteiger partial charge is 0.388 e. The first-order chi connectivity index (χ1) is 9.30. The lowest BCUT2D eigenvalue weighted by Gasteiger charge is -2.15. The quantitative estimate of drug-likeness (QED) is 0.882. The summed E-state index contributed by atoms with van der Waals surface area (Å²) in [7, 11) is 1.68. The Labute approximate surface area is 112 Å². The highest BCUT2D eigenvalue weighted by Gasteiger charge is 2.35. The Morgan fingerprint density at radius 3 is 2.60 bits per heavy atom. The predicted octanol–water partition coefficient (Wildman–Crippen LogP) is 2.85.